The zero-order chi connectivity index (χ0) is 15.4. The summed E-state index contributed by atoms with van der Waals surface area (Å²) < 4.78 is 11.2. The SMILES string of the molecule is COC(CNC(=O)C(C)n1nc2c(cc1=O)CCC2)OC. The number of fused-ring (bicyclic) bond motifs is 1. The van der Waals surface area contributed by atoms with Gasteiger partial charge in [0.25, 0.3) is 5.56 Å². The maximum atomic E-state index is 12.1. The van der Waals surface area contributed by atoms with Crippen LogP contribution in [0.5, 0.6) is 0 Å². The van der Waals surface area contributed by atoms with E-state index in [4.69, 9.17) is 9.47 Å². The molecule has 1 aromatic rings. The van der Waals surface area contributed by atoms with E-state index in [0.29, 0.717) is 0 Å². The number of methoxy groups -OCH3 is 2. The van der Waals surface area contributed by atoms with Crippen molar-refractivity contribution in [3.8, 4) is 0 Å². The molecule has 21 heavy (non-hydrogen) atoms. The van der Waals surface area contributed by atoms with E-state index in [2.05, 4.69) is 10.4 Å². The largest absolute Gasteiger partial charge is 0.354 e. The predicted molar refractivity (Wildman–Crippen MR) is 76.0 cm³/mol. The second kappa shape index (κ2) is 6.82. The van der Waals surface area contributed by atoms with Crippen LogP contribution in [0.25, 0.3) is 0 Å². The molecule has 1 aliphatic carbocycles. The van der Waals surface area contributed by atoms with Crippen molar-refractivity contribution in [2.45, 2.75) is 38.5 Å². The highest BCUT2D eigenvalue weighted by Gasteiger charge is 2.21. The quantitative estimate of drug-likeness (QED) is 0.749. The normalized spacial score (nSPS) is 15.0. The minimum atomic E-state index is -0.669. The number of nitrogens with zero attached hydrogens (tertiary/aromatic N) is 2. The van der Waals surface area contributed by atoms with Crippen molar-refractivity contribution in [2.75, 3.05) is 20.8 Å². The Labute approximate surface area is 123 Å². The Morgan fingerprint density at radius 1 is 1.43 bits per heavy atom. The molecule has 1 aliphatic rings. The summed E-state index contributed by atoms with van der Waals surface area (Å²) in [7, 11) is 2.99. The number of carbonyl (C=O) groups excluding carboxylic acids is 1. The van der Waals surface area contributed by atoms with E-state index in [1.807, 2.05) is 0 Å². The first-order chi connectivity index (χ1) is 10.1. The van der Waals surface area contributed by atoms with E-state index < -0.39 is 12.3 Å². The van der Waals surface area contributed by atoms with Gasteiger partial charge in [0.2, 0.25) is 5.91 Å². The number of carbonyl (C=O) groups is 1. The number of nitrogens with one attached hydrogen (secondary N) is 1. The van der Waals surface area contributed by atoms with Crippen molar-refractivity contribution in [3.05, 3.63) is 27.7 Å². The van der Waals surface area contributed by atoms with Gasteiger partial charge in [-0.15, -0.1) is 0 Å². The van der Waals surface area contributed by atoms with Gasteiger partial charge < -0.3 is 14.8 Å². The Morgan fingerprint density at radius 2 is 2.14 bits per heavy atom. The first-order valence-electron chi connectivity index (χ1n) is 7.01. The highest BCUT2D eigenvalue weighted by atomic mass is 16.7. The second-order valence-electron chi connectivity index (χ2n) is 5.07. The average molecular weight is 295 g/mol. The van der Waals surface area contributed by atoms with Crippen LogP contribution < -0.4 is 10.9 Å². The molecule has 0 radical (unpaired) electrons. The Bertz CT molecular complexity index is 566. The van der Waals surface area contributed by atoms with Gasteiger partial charge >= 0.3 is 0 Å². The molecule has 1 amide bonds. The lowest BCUT2D eigenvalue weighted by atomic mass is 10.2. The molecule has 1 aromatic heterocycles. The topological polar surface area (TPSA) is 82.5 Å². The molecule has 1 N–H and O–H groups in total. The zero-order valence-corrected chi connectivity index (χ0v) is 12.6. The number of ether oxygens (including phenoxy) is 2. The van der Waals surface area contributed by atoms with Gasteiger partial charge in [0, 0.05) is 20.3 Å². The summed E-state index contributed by atoms with van der Waals surface area (Å²) in [4.78, 5) is 24.2. The summed E-state index contributed by atoms with van der Waals surface area (Å²) in [6.45, 7) is 1.87. The van der Waals surface area contributed by atoms with E-state index in [-0.39, 0.29) is 18.0 Å². The van der Waals surface area contributed by atoms with Crippen molar-refractivity contribution < 1.29 is 14.3 Å². The van der Waals surface area contributed by atoms with Gasteiger partial charge in [-0.25, -0.2) is 4.68 Å². The molecule has 0 bridgehead atoms. The fourth-order valence-corrected chi connectivity index (χ4v) is 2.40. The predicted octanol–water partition coefficient (Wildman–Crippen LogP) is 0.0281. The molecule has 1 unspecified atom stereocenters. The van der Waals surface area contributed by atoms with Crippen LogP contribution in [-0.2, 0) is 27.1 Å². The summed E-state index contributed by atoms with van der Waals surface area (Å²) in [5.41, 5.74) is 1.68. The van der Waals surface area contributed by atoms with Crippen LogP contribution in [0.4, 0.5) is 0 Å². The molecule has 1 heterocycles. The maximum absolute atomic E-state index is 12.1. The molecule has 7 heteroatoms. The van der Waals surface area contributed by atoms with Gasteiger partial charge in [0.1, 0.15) is 6.04 Å². The fourth-order valence-electron chi connectivity index (χ4n) is 2.40. The Kier molecular flexibility index (Phi) is 5.08. The first kappa shape index (κ1) is 15.7. The number of hydrogen-bond donors (Lipinski definition) is 1. The fraction of sp³-hybridized carbons (Fsp3) is 0.643. The molecule has 0 aromatic carbocycles. The molecule has 0 fully saturated rings. The van der Waals surface area contributed by atoms with Crippen LogP contribution in [0.15, 0.2) is 10.9 Å². The van der Waals surface area contributed by atoms with Crippen LogP contribution in [0.3, 0.4) is 0 Å². The summed E-state index contributed by atoms with van der Waals surface area (Å²) in [6, 6.07) is 0.921. The van der Waals surface area contributed by atoms with Crippen LogP contribution in [0.1, 0.15) is 30.6 Å². The number of rotatable bonds is 6. The monoisotopic (exact) mass is 295 g/mol. The third-order valence-corrected chi connectivity index (χ3v) is 3.70. The second-order valence-corrected chi connectivity index (χ2v) is 5.07. The summed E-state index contributed by atoms with van der Waals surface area (Å²) in [5, 5.41) is 7.01. The lowest BCUT2D eigenvalue weighted by Crippen LogP contribution is -2.41. The minimum absolute atomic E-state index is 0.218. The van der Waals surface area contributed by atoms with E-state index >= 15 is 0 Å². The lowest BCUT2D eigenvalue weighted by molar-refractivity contribution is -0.130. The van der Waals surface area contributed by atoms with Crippen LogP contribution in [-0.4, -0.2) is 42.7 Å². The molecule has 0 aliphatic heterocycles. The van der Waals surface area contributed by atoms with Gasteiger partial charge in [-0.3, -0.25) is 9.59 Å². The number of hydrogen-bond acceptors (Lipinski definition) is 5. The van der Waals surface area contributed by atoms with Gasteiger partial charge in [-0.05, 0) is 31.7 Å². The summed E-state index contributed by atoms with van der Waals surface area (Å²) in [6.07, 6.45) is 2.25. The number of aryl methyl sites for hydroxylation is 2. The van der Waals surface area contributed by atoms with E-state index in [1.165, 1.54) is 18.9 Å². The summed E-state index contributed by atoms with van der Waals surface area (Å²) in [5.74, 6) is -0.290. The maximum Gasteiger partial charge on any atom is 0.267 e. The van der Waals surface area contributed by atoms with Crippen molar-refractivity contribution in [1.82, 2.24) is 15.1 Å². The highest BCUT2D eigenvalue weighted by molar-refractivity contribution is 5.79. The van der Waals surface area contributed by atoms with Gasteiger partial charge in [0.15, 0.2) is 6.29 Å². The number of aromatic nitrogens is 2. The Morgan fingerprint density at radius 3 is 2.81 bits per heavy atom. The van der Waals surface area contributed by atoms with Crippen molar-refractivity contribution in [2.24, 2.45) is 0 Å². The van der Waals surface area contributed by atoms with E-state index in [1.54, 1.807) is 13.0 Å². The number of amides is 1. The molecule has 0 saturated carbocycles. The third kappa shape index (κ3) is 3.48. The van der Waals surface area contributed by atoms with Crippen LogP contribution in [0, 0.1) is 0 Å². The molecule has 0 saturated heterocycles. The molecule has 2 rings (SSSR count). The van der Waals surface area contributed by atoms with E-state index in [0.717, 1.165) is 30.5 Å². The highest BCUT2D eigenvalue weighted by Crippen LogP contribution is 2.17. The molecule has 0 spiro atoms. The van der Waals surface area contributed by atoms with Crippen molar-refractivity contribution in [1.29, 1.82) is 0 Å². The average Bonchev–Trinajstić information content (AvgIpc) is 2.93. The van der Waals surface area contributed by atoms with Crippen LogP contribution >= 0.6 is 0 Å². The van der Waals surface area contributed by atoms with Crippen LogP contribution in [0.2, 0.25) is 0 Å². The third-order valence-electron chi connectivity index (χ3n) is 3.70. The molecule has 116 valence electrons. The van der Waals surface area contributed by atoms with Gasteiger partial charge in [0.05, 0.1) is 12.2 Å². The summed E-state index contributed by atoms with van der Waals surface area (Å²) >= 11 is 0. The van der Waals surface area contributed by atoms with Gasteiger partial charge in [-0.1, -0.05) is 0 Å². The first-order valence-corrected chi connectivity index (χ1v) is 7.01. The van der Waals surface area contributed by atoms with Crippen molar-refractivity contribution >= 4 is 5.91 Å². The zero-order valence-electron chi connectivity index (χ0n) is 12.6. The smallest absolute Gasteiger partial charge is 0.267 e. The Hall–Kier alpha value is -1.73. The van der Waals surface area contributed by atoms with Gasteiger partial charge in [-0.2, -0.15) is 5.10 Å². The molecule has 1 atom stereocenters. The minimum Gasteiger partial charge on any atom is -0.354 e. The lowest BCUT2D eigenvalue weighted by Gasteiger charge is -2.18. The molecule has 7 nitrogen and oxygen atoms in total. The molecular formula is C14H21N3O4. The standard InChI is InChI=1S/C14H21N3O4/c1-9(14(19)15-8-13(20-2)21-3)17-12(18)7-10-5-4-6-11(10)16-17/h7,9,13H,4-6,8H2,1-3H3,(H,15,19). The van der Waals surface area contributed by atoms with E-state index in [9.17, 15) is 9.59 Å². The molecular weight excluding hydrogens is 274 g/mol. The Balaban J connectivity index is 2.07. The van der Waals surface area contributed by atoms with Crippen molar-refractivity contribution in [3.63, 3.8) is 0 Å².